The van der Waals surface area contributed by atoms with Crippen molar-refractivity contribution in [3.8, 4) is 39.8 Å². The summed E-state index contributed by atoms with van der Waals surface area (Å²) in [6.07, 6.45) is 9.59. The van der Waals surface area contributed by atoms with Gasteiger partial charge in [0.05, 0.1) is 22.4 Å². The van der Waals surface area contributed by atoms with Gasteiger partial charge in [-0.05, 0) is 117 Å². The zero-order valence-corrected chi connectivity index (χ0v) is 34.1. The number of nitrogens with zero attached hydrogens (tertiary/aromatic N) is 4. The van der Waals surface area contributed by atoms with E-state index >= 15 is 0 Å². The number of pyridine rings is 1. The van der Waals surface area contributed by atoms with Crippen LogP contribution in [0.1, 0.15) is 102 Å². The van der Waals surface area contributed by atoms with E-state index < -0.39 is 0 Å². The monoisotopic (exact) mass is 736 g/mol. The van der Waals surface area contributed by atoms with Gasteiger partial charge in [-0.3, -0.25) is 13.7 Å². The van der Waals surface area contributed by atoms with E-state index in [4.69, 9.17) is 9.72 Å². The molecule has 8 rings (SSSR count). The van der Waals surface area contributed by atoms with Crippen LogP contribution in [0.25, 0.3) is 50.1 Å². The lowest BCUT2D eigenvalue weighted by molar-refractivity contribution is -0.599. The van der Waals surface area contributed by atoms with Crippen molar-refractivity contribution in [2.45, 2.75) is 85.5 Å². The Morgan fingerprint density at radius 3 is 2.11 bits per heavy atom. The van der Waals surface area contributed by atoms with Crippen LogP contribution in [-0.2, 0) is 5.41 Å². The van der Waals surface area contributed by atoms with Crippen molar-refractivity contribution in [1.82, 2.24) is 14.1 Å². The molecule has 0 aliphatic carbocycles. The number of aromatic nitrogens is 4. The zero-order chi connectivity index (χ0) is 39.3. The van der Waals surface area contributed by atoms with Gasteiger partial charge >= 0.3 is 0 Å². The van der Waals surface area contributed by atoms with Crippen LogP contribution in [0.4, 0.5) is 0 Å². The molecule has 0 N–H and O–H groups in total. The third kappa shape index (κ3) is 7.03. The summed E-state index contributed by atoms with van der Waals surface area (Å²) in [6, 6.07) is 41.1. The fraction of sp³-hybridized carbons (Fsp3) is 0.255. The first-order chi connectivity index (χ1) is 26.9. The van der Waals surface area contributed by atoms with Crippen LogP contribution in [0, 0.1) is 6.33 Å². The third-order valence-electron chi connectivity index (χ3n) is 10.9. The molecule has 3 aromatic heterocycles. The number of hydrogen-bond acceptors (Lipinski definition) is 2. The SMILES string of the molecule is CC(C)c1cc(C(C)C)c(-c2cccc(-[n+]3[c-]n(-c4cccc(Oc5ccc6c7ccccc7n(-c7cc(C(C)(C)C)ccn7)c6c5)c4)cc3)c2)c(C(C)C)c1. The lowest BCUT2D eigenvalue weighted by atomic mass is 9.82. The normalized spacial score (nSPS) is 12.1. The molecule has 0 spiro atoms. The summed E-state index contributed by atoms with van der Waals surface area (Å²) in [6.45, 7) is 20.5. The van der Waals surface area contributed by atoms with Gasteiger partial charge in [0.2, 0.25) is 0 Å². The summed E-state index contributed by atoms with van der Waals surface area (Å²) in [4.78, 5) is 4.84. The molecule has 0 amide bonds. The first-order valence-corrected chi connectivity index (χ1v) is 19.9. The standard InChI is InChI=1S/C51H52N4O/c1-33(2)37-27-45(34(3)4)50(46(28-37)35(5)6)36-14-12-15-39(26-36)53-24-25-54(32-53)40-16-13-17-41(30-40)56-42-20-21-44-43-18-10-11-19-47(43)55(48(44)31-42)49-29-38(22-23-52-49)51(7,8)9/h10-31,33-35H,1-9H3. The predicted octanol–water partition coefficient (Wildman–Crippen LogP) is 13.2. The maximum Gasteiger partial charge on any atom is 0.268 e. The molecule has 0 radical (unpaired) electrons. The number of para-hydroxylation sites is 1. The molecule has 5 nitrogen and oxygen atoms in total. The van der Waals surface area contributed by atoms with Gasteiger partial charge in [-0.15, -0.1) is 0 Å². The van der Waals surface area contributed by atoms with Crippen LogP contribution in [0.2, 0.25) is 0 Å². The number of fused-ring (bicyclic) bond motifs is 3. The highest BCUT2D eigenvalue weighted by atomic mass is 16.5. The quantitative estimate of drug-likeness (QED) is 0.109. The van der Waals surface area contributed by atoms with Crippen LogP contribution in [0.15, 0.2) is 134 Å². The maximum atomic E-state index is 6.59. The number of benzene rings is 5. The Balaban J connectivity index is 1.11. The van der Waals surface area contributed by atoms with E-state index in [2.05, 4.69) is 187 Å². The second kappa shape index (κ2) is 14.6. The van der Waals surface area contributed by atoms with Crippen LogP contribution >= 0.6 is 0 Å². The minimum atomic E-state index is 0.00527. The second-order valence-corrected chi connectivity index (χ2v) is 17.0. The number of ether oxygens (including phenoxy) is 1. The van der Waals surface area contributed by atoms with Gasteiger partial charge in [-0.25, -0.2) is 4.98 Å². The number of hydrogen-bond donors (Lipinski definition) is 0. The topological polar surface area (TPSA) is 35.9 Å². The molecule has 8 aromatic rings. The van der Waals surface area contributed by atoms with Crippen LogP contribution in [-0.4, -0.2) is 14.1 Å². The second-order valence-electron chi connectivity index (χ2n) is 17.0. The highest BCUT2D eigenvalue weighted by Crippen LogP contribution is 2.40. The van der Waals surface area contributed by atoms with E-state index in [9.17, 15) is 0 Å². The highest BCUT2D eigenvalue weighted by Gasteiger charge is 2.20. The summed E-state index contributed by atoms with van der Waals surface area (Å²) in [5.74, 6) is 3.71. The molecule has 5 heteroatoms. The number of rotatable bonds is 9. The molecule has 0 unspecified atom stereocenters. The smallest absolute Gasteiger partial charge is 0.268 e. The molecule has 56 heavy (non-hydrogen) atoms. The van der Waals surface area contributed by atoms with Crippen molar-refractivity contribution >= 4 is 21.8 Å². The minimum Gasteiger partial charge on any atom is -0.458 e. The summed E-state index contributed by atoms with van der Waals surface area (Å²) in [7, 11) is 0. The Bertz CT molecular complexity index is 2670. The Morgan fingerprint density at radius 1 is 0.661 bits per heavy atom. The third-order valence-corrected chi connectivity index (χ3v) is 10.9. The maximum absolute atomic E-state index is 6.59. The lowest BCUT2D eigenvalue weighted by Gasteiger charge is -2.23. The van der Waals surface area contributed by atoms with E-state index in [-0.39, 0.29) is 5.41 Å². The molecule has 0 aliphatic heterocycles. The zero-order valence-electron chi connectivity index (χ0n) is 34.1. The van der Waals surface area contributed by atoms with Crippen LogP contribution in [0.3, 0.4) is 0 Å². The van der Waals surface area contributed by atoms with E-state index in [1.165, 1.54) is 38.8 Å². The van der Waals surface area contributed by atoms with Gasteiger partial charge in [0.1, 0.15) is 17.3 Å². The fourth-order valence-electron chi connectivity index (χ4n) is 7.80. The van der Waals surface area contributed by atoms with Crippen molar-refractivity contribution in [2.24, 2.45) is 0 Å². The molecular formula is C51H52N4O. The molecule has 0 bridgehead atoms. The van der Waals surface area contributed by atoms with Gasteiger partial charge in [0.25, 0.3) is 6.33 Å². The minimum absolute atomic E-state index is 0.00527. The van der Waals surface area contributed by atoms with Crippen molar-refractivity contribution < 1.29 is 9.30 Å². The summed E-state index contributed by atoms with van der Waals surface area (Å²) >= 11 is 0. The summed E-state index contributed by atoms with van der Waals surface area (Å²) in [5.41, 5.74) is 12.3. The highest BCUT2D eigenvalue weighted by molar-refractivity contribution is 6.09. The van der Waals surface area contributed by atoms with Gasteiger partial charge in [-0.1, -0.05) is 111 Å². The first kappa shape index (κ1) is 37.0. The molecule has 0 atom stereocenters. The molecule has 0 fully saturated rings. The summed E-state index contributed by atoms with van der Waals surface area (Å²) in [5, 5.41) is 2.35. The molecule has 282 valence electrons. The summed E-state index contributed by atoms with van der Waals surface area (Å²) < 4.78 is 12.9. The van der Waals surface area contributed by atoms with E-state index in [0.29, 0.717) is 17.8 Å². The van der Waals surface area contributed by atoms with Crippen LogP contribution in [0.5, 0.6) is 11.5 Å². The van der Waals surface area contributed by atoms with E-state index in [1.54, 1.807) is 0 Å². The van der Waals surface area contributed by atoms with Gasteiger partial charge in [0, 0.05) is 35.4 Å². The van der Waals surface area contributed by atoms with Gasteiger partial charge < -0.3 is 4.74 Å². The predicted molar refractivity (Wildman–Crippen MR) is 231 cm³/mol. The van der Waals surface area contributed by atoms with Crippen LogP contribution < -0.4 is 9.30 Å². The Hall–Kier alpha value is -5.94. The first-order valence-electron chi connectivity index (χ1n) is 19.9. The molecule has 0 saturated carbocycles. The van der Waals surface area contributed by atoms with Crippen molar-refractivity contribution in [1.29, 1.82) is 0 Å². The molecule has 3 heterocycles. The molecule has 0 saturated heterocycles. The largest absolute Gasteiger partial charge is 0.458 e. The van der Waals surface area contributed by atoms with E-state index in [1.807, 2.05) is 29.1 Å². The molecular weight excluding hydrogens is 685 g/mol. The number of imidazole rings is 1. The Labute approximate surface area is 331 Å². The van der Waals surface area contributed by atoms with Gasteiger partial charge in [-0.2, -0.15) is 0 Å². The Kier molecular flexibility index (Phi) is 9.66. The molecule has 5 aromatic carbocycles. The van der Waals surface area contributed by atoms with Crippen molar-refractivity contribution in [2.75, 3.05) is 0 Å². The van der Waals surface area contributed by atoms with Gasteiger partial charge in [0.15, 0.2) is 0 Å². The van der Waals surface area contributed by atoms with Crippen molar-refractivity contribution in [3.63, 3.8) is 0 Å². The Morgan fingerprint density at radius 2 is 1.38 bits per heavy atom. The molecule has 0 aliphatic rings. The lowest BCUT2D eigenvalue weighted by Crippen LogP contribution is -2.28. The fourth-order valence-corrected chi connectivity index (χ4v) is 7.80. The average molecular weight is 737 g/mol. The van der Waals surface area contributed by atoms with Crippen molar-refractivity contribution in [3.05, 3.63) is 162 Å². The average Bonchev–Trinajstić information content (AvgIpc) is 3.81. The van der Waals surface area contributed by atoms with E-state index in [0.717, 1.165) is 45.1 Å².